The summed E-state index contributed by atoms with van der Waals surface area (Å²) in [6.45, 7) is -0.442. The molecule has 0 heterocycles. The average molecular weight is 327 g/mol. The molecule has 0 aliphatic rings. The van der Waals surface area contributed by atoms with Crippen LogP contribution in [0.15, 0.2) is 42.5 Å². The van der Waals surface area contributed by atoms with Crippen molar-refractivity contribution in [2.24, 2.45) is 0 Å². The maximum atomic E-state index is 12.9. The van der Waals surface area contributed by atoms with Crippen molar-refractivity contribution in [1.29, 1.82) is 0 Å². The van der Waals surface area contributed by atoms with Crippen LogP contribution in [0, 0.1) is 10.1 Å². The maximum Gasteiger partial charge on any atom is 0.416 e. The van der Waals surface area contributed by atoms with E-state index in [-0.39, 0.29) is 22.7 Å². The lowest BCUT2D eigenvalue weighted by molar-refractivity contribution is -0.386. The summed E-state index contributed by atoms with van der Waals surface area (Å²) in [5.41, 5.74) is -1.32. The molecule has 5 nitrogen and oxygen atoms in total. The van der Waals surface area contributed by atoms with Crippen molar-refractivity contribution < 1.29 is 27.6 Å². The lowest BCUT2D eigenvalue weighted by atomic mass is 10.1. The second-order valence-corrected chi connectivity index (χ2v) is 4.53. The van der Waals surface area contributed by atoms with Crippen LogP contribution in [-0.2, 0) is 12.8 Å². The number of hydrogen-bond donors (Lipinski definition) is 0. The molecule has 122 valence electrons. The summed E-state index contributed by atoms with van der Waals surface area (Å²) in [6.07, 6.45) is -4.52. The molecule has 0 amide bonds. The first-order valence-electron chi connectivity index (χ1n) is 6.43. The third kappa shape index (κ3) is 3.91. The van der Waals surface area contributed by atoms with E-state index >= 15 is 0 Å². The predicted molar refractivity (Wildman–Crippen MR) is 75.4 cm³/mol. The van der Waals surface area contributed by atoms with Crippen molar-refractivity contribution in [1.82, 2.24) is 0 Å². The molecule has 23 heavy (non-hydrogen) atoms. The van der Waals surface area contributed by atoms with Gasteiger partial charge < -0.3 is 9.47 Å². The van der Waals surface area contributed by atoms with Gasteiger partial charge in [0.1, 0.15) is 12.4 Å². The molecule has 0 saturated carbocycles. The van der Waals surface area contributed by atoms with Crippen LogP contribution in [0.1, 0.15) is 11.1 Å². The summed E-state index contributed by atoms with van der Waals surface area (Å²) in [4.78, 5) is 10.3. The van der Waals surface area contributed by atoms with Crippen LogP contribution >= 0.6 is 0 Å². The van der Waals surface area contributed by atoms with Gasteiger partial charge in [-0.15, -0.1) is 0 Å². The van der Waals surface area contributed by atoms with Gasteiger partial charge in [-0.05, 0) is 18.2 Å². The van der Waals surface area contributed by atoms with E-state index in [0.717, 1.165) is 12.1 Å². The molecule has 0 bridgehead atoms. The average Bonchev–Trinajstić information content (AvgIpc) is 2.52. The van der Waals surface area contributed by atoms with Gasteiger partial charge in [0.2, 0.25) is 0 Å². The highest BCUT2D eigenvalue weighted by Crippen LogP contribution is 2.34. The van der Waals surface area contributed by atoms with Crippen LogP contribution in [0.3, 0.4) is 0 Å². The summed E-state index contributed by atoms with van der Waals surface area (Å²) >= 11 is 0. The Bertz CT molecular complexity index is 716. The highest BCUT2D eigenvalue weighted by Gasteiger charge is 2.33. The number of nitrogens with zero attached hydrogens (tertiary/aromatic N) is 1. The number of halogens is 3. The largest absolute Gasteiger partial charge is 0.496 e. The molecule has 0 fully saturated rings. The fraction of sp³-hybridized carbons (Fsp3) is 0.200. The highest BCUT2D eigenvalue weighted by molar-refractivity contribution is 5.51. The van der Waals surface area contributed by atoms with Crippen LogP contribution in [0.2, 0.25) is 0 Å². The van der Waals surface area contributed by atoms with Gasteiger partial charge in [0.25, 0.3) is 0 Å². The third-order valence-electron chi connectivity index (χ3n) is 3.07. The molecule has 0 aliphatic heterocycles. The SMILES string of the molecule is COc1ccc(OCc2ccccc2C(F)(F)F)c([N+](=O)[O-])c1. The fourth-order valence-corrected chi connectivity index (χ4v) is 1.97. The molecular weight excluding hydrogens is 315 g/mol. The zero-order chi connectivity index (χ0) is 17.0. The predicted octanol–water partition coefficient (Wildman–Crippen LogP) is 4.20. The van der Waals surface area contributed by atoms with Gasteiger partial charge in [-0.1, -0.05) is 18.2 Å². The second kappa shape index (κ2) is 6.55. The van der Waals surface area contributed by atoms with Crippen LogP contribution in [0.25, 0.3) is 0 Å². The molecule has 0 aromatic heterocycles. The second-order valence-electron chi connectivity index (χ2n) is 4.53. The first-order chi connectivity index (χ1) is 10.8. The van der Waals surface area contributed by atoms with E-state index in [1.54, 1.807) is 0 Å². The lowest BCUT2D eigenvalue weighted by Crippen LogP contribution is -2.11. The van der Waals surface area contributed by atoms with E-state index in [4.69, 9.17) is 9.47 Å². The number of rotatable bonds is 5. The monoisotopic (exact) mass is 327 g/mol. The summed E-state index contributed by atoms with van der Waals surface area (Å²) in [5, 5.41) is 11.0. The van der Waals surface area contributed by atoms with Crippen LogP contribution < -0.4 is 9.47 Å². The van der Waals surface area contributed by atoms with E-state index in [9.17, 15) is 23.3 Å². The first kappa shape index (κ1) is 16.6. The van der Waals surface area contributed by atoms with Crippen LogP contribution in [0.5, 0.6) is 11.5 Å². The van der Waals surface area contributed by atoms with Gasteiger partial charge in [-0.3, -0.25) is 10.1 Å². The van der Waals surface area contributed by atoms with E-state index in [2.05, 4.69) is 0 Å². The maximum absolute atomic E-state index is 12.9. The molecule has 0 saturated heterocycles. The number of methoxy groups -OCH3 is 1. The minimum absolute atomic E-state index is 0.106. The van der Waals surface area contributed by atoms with Crippen molar-refractivity contribution in [2.45, 2.75) is 12.8 Å². The Morgan fingerprint density at radius 3 is 2.48 bits per heavy atom. The van der Waals surface area contributed by atoms with Crippen molar-refractivity contribution in [2.75, 3.05) is 7.11 Å². The topological polar surface area (TPSA) is 61.6 Å². The molecule has 0 unspecified atom stereocenters. The van der Waals surface area contributed by atoms with E-state index in [1.807, 2.05) is 0 Å². The molecule has 8 heteroatoms. The van der Waals surface area contributed by atoms with Crippen molar-refractivity contribution >= 4 is 5.69 Å². The summed E-state index contributed by atoms with van der Waals surface area (Å²) < 4.78 is 48.8. The van der Waals surface area contributed by atoms with Crippen molar-refractivity contribution in [3.8, 4) is 11.5 Å². The Labute approximate surface area is 129 Å². The number of ether oxygens (including phenoxy) is 2. The summed E-state index contributed by atoms with van der Waals surface area (Å²) in [5.74, 6) is 0.118. The molecule has 0 radical (unpaired) electrons. The molecular formula is C15H12F3NO4. The van der Waals surface area contributed by atoms with Gasteiger partial charge in [-0.25, -0.2) is 0 Å². The smallest absolute Gasteiger partial charge is 0.416 e. The fourth-order valence-electron chi connectivity index (χ4n) is 1.97. The molecule has 0 N–H and O–H groups in total. The normalized spacial score (nSPS) is 11.1. The van der Waals surface area contributed by atoms with Gasteiger partial charge in [0, 0.05) is 5.56 Å². The number of nitro groups is 1. The van der Waals surface area contributed by atoms with E-state index < -0.39 is 23.3 Å². The number of nitro benzene ring substituents is 1. The van der Waals surface area contributed by atoms with E-state index in [0.29, 0.717) is 0 Å². The molecule has 0 spiro atoms. The quantitative estimate of drug-likeness (QED) is 0.610. The summed E-state index contributed by atoms with van der Waals surface area (Å²) in [7, 11) is 1.35. The van der Waals surface area contributed by atoms with Crippen LogP contribution in [0.4, 0.5) is 18.9 Å². The molecule has 0 aliphatic carbocycles. The first-order valence-corrected chi connectivity index (χ1v) is 6.43. The van der Waals surface area contributed by atoms with E-state index in [1.165, 1.54) is 37.4 Å². The Morgan fingerprint density at radius 1 is 1.17 bits per heavy atom. The van der Waals surface area contributed by atoms with Crippen molar-refractivity contribution in [3.63, 3.8) is 0 Å². The van der Waals surface area contributed by atoms with Crippen LogP contribution in [-0.4, -0.2) is 12.0 Å². The summed E-state index contributed by atoms with van der Waals surface area (Å²) in [6, 6.07) is 8.76. The highest BCUT2D eigenvalue weighted by atomic mass is 19.4. The lowest BCUT2D eigenvalue weighted by Gasteiger charge is -2.13. The third-order valence-corrected chi connectivity index (χ3v) is 3.07. The zero-order valence-electron chi connectivity index (χ0n) is 12.0. The minimum atomic E-state index is -4.52. The number of benzene rings is 2. The molecule has 2 aromatic rings. The number of alkyl halides is 3. The van der Waals surface area contributed by atoms with Gasteiger partial charge in [0.15, 0.2) is 5.75 Å². The molecule has 0 atom stereocenters. The standard InChI is InChI=1S/C15H12F3NO4/c1-22-11-6-7-14(13(8-11)19(20)21)23-9-10-4-2-3-5-12(10)15(16,17)18/h2-8H,9H2,1H3. The minimum Gasteiger partial charge on any atom is -0.496 e. The Balaban J connectivity index is 2.27. The Kier molecular flexibility index (Phi) is 4.73. The molecule has 2 aromatic carbocycles. The Hall–Kier alpha value is -2.77. The Morgan fingerprint density at radius 2 is 1.87 bits per heavy atom. The van der Waals surface area contributed by atoms with Gasteiger partial charge >= 0.3 is 11.9 Å². The zero-order valence-corrected chi connectivity index (χ0v) is 12.0. The van der Waals surface area contributed by atoms with Gasteiger partial charge in [-0.2, -0.15) is 13.2 Å². The van der Waals surface area contributed by atoms with Gasteiger partial charge in [0.05, 0.1) is 23.7 Å². The molecule has 2 rings (SSSR count). The number of hydrogen-bond acceptors (Lipinski definition) is 4. The van der Waals surface area contributed by atoms with Crippen molar-refractivity contribution in [3.05, 3.63) is 63.7 Å².